The molecule has 1 saturated heterocycles. The highest BCUT2D eigenvalue weighted by molar-refractivity contribution is 6.02. The van der Waals surface area contributed by atoms with Crippen LogP contribution in [0.1, 0.15) is 19.4 Å². The number of anilines is 1. The molecule has 7 nitrogen and oxygen atoms in total. The van der Waals surface area contributed by atoms with Crippen LogP contribution in [0.5, 0.6) is 0 Å². The van der Waals surface area contributed by atoms with Crippen molar-refractivity contribution in [1.29, 1.82) is 0 Å². The van der Waals surface area contributed by atoms with Crippen molar-refractivity contribution in [2.45, 2.75) is 25.9 Å². The summed E-state index contributed by atoms with van der Waals surface area (Å²) in [5, 5.41) is 5.16. The maximum atomic E-state index is 11.8. The number of halogens is 1. The lowest BCUT2D eigenvalue weighted by atomic mass is 10.1. The van der Waals surface area contributed by atoms with E-state index in [1.807, 2.05) is 0 Å². The van der Waals surface area contributed by atoms with E-state index >= 15 is 0 Å². The van der Waals surface area contributed by atoms with Gasteiger partial charge in [-0.05, 0) is 31.5 Å². The van der Waals surface area contributed by atoms with Crippen LogP contribution in [0.2, 0.25) is 0 Å². The van der Waals surface area contributed by atoms with Gasteiger partial charge in [0.15, 0.2) is 0 Å². The highest BCUT2D eigenvalue weighted by Gasteiger charge is 2.28. The van der Waals surface area contributed by atoms with Crippen molar-refractivity contribution in [3.63, 3.8) is 0 Å². The van der Waals surface area contributed by atoms with E-state index in [1.165, 1.54) is 0 Å². The molecule has 1 aliphatic heterocycles. The Kier molecular flexibility index (Phi) is 5.51. The Bertz CT molecular complexity index is 582. The van der Waals surface area contributed by atoms with Crippen LogP contribution < -0.4 is 16.4 Å². The zero-order valence-electron chi connectivity index (χ0n) is 12.4. The van der Waals surface area contributed by atoms with E-state index in [-0.39, 0.29) is 37.3 Å². The fraction of sp³-hybridized carbons (Fsp3) is 0.357. The first-order valence-corrected chi connectivity index (χ1v) is 6.55. The van der Waals surface area contributed by atoms with Gasteiger partial charge in [-0.2, -0.15) is 0 Å². The molecule has 8 heteroatoms. The number of urea groups is 1. The molecule has 1 aromatic carbocycles. The van der Waals surface area contributed by atoms with Crippen LogP contribution in [0.15, 0.2) is 24.3 Å². The van der Waals surface area contributed by atoms with Gasteiger partial charge < -0.3 is 16.4 Å². The van der Waals surface area contributed by atoms with Gasteiger partial charge in [-0.25, -0.2) is 4.79 Å². The summed E-state index contributed by atoms with van der Waals surface area (Å²) in [6.07, 6.45) is 0. The van der Waals surface area contributed by atoms with Gasteiger partial charge in [0, 0.05) is 5.69 Å². The lowest BCUT2D eigenvalue weighted by Gasteiger charge is -2.18. The Morgan fingerprint density at radius 1 is 1.41 bits per heavy atom. The molecule has 0 unspecified atom stereocenters. The molecule has 4 N–H and O–H groups in total. The Morgan fingerprint density at radius 2 is 2.09 bits per heavy atom. The molecule has 1 aliphatic rings. The SMILES string of the molecule is CC(C)(N)C(=O)Nc1cccc(CN2C(=O)CNC2=O)c1.Cl. The van der Waals surface area contributed by atoms with Crippen LogP contribution in [-0.2, 0) is 16.1 Å². The number of amides is 4. The molecule has 0 radical (unpaired) electrons. The molecule has 120 valence electrons. The number of carbonyl (C=O) groups excluding carboxylic acids is 3. The number of hydrogen-bond donors (Lipinski definition) is 3. The van der Waals surface area contributed by atoms with Crippen LogP contribution in [0.3, 0.4) is 0 Å². The fourth-order valence-electron chi connectivity index (χ4n) is 1.84. The van der Waals surface area contributed by atoms with E-state index in [0.717, 1.165) is 10.5 Å². The van der Waals surface area contributed by atoms with Crippen molar-refractivity contribution in [3.05, 3.63) is 29.8 Å². The molecule has 2 rings (SSSR count). The van der Waals surface area contributed by atoms with Gasteiger partial charge in [-0.1, -0.05) is 12.1 Å². The first-order valence-electron chi connectivity index (χ1n) is 6.55. The van der Waals surface area contributed by atoms with Gasteiger partial charge in [0.05, 0.1) is 18.6 Å². The topological polar surface area (TPSA) is 105 Å². The minimum absolute atomic E-state index is 0. The minimum atomic E-state index is -0.985. The third-order valence-electron chi connectivity index (χ3n) is 3.05. The summed E-state index contributed by atoms with van der Waals surface area (Å²) in [7, 11) is 0. The van der Waals surface area contributed by atoms with Gasteiger partial charge in [-0.15, -0.1) is 12.4 Å². The monoisotopic (exact) mass is 326 g/mol. The van der Waals surface area contributed by atoms with Crippen molar-refractivity contribution in [3.8, 4) is 0 Å². The molecular weight excluding hydrogens is 308 g/mol. The molecule has 1 heterocycles. The second-order valence-electron chi connectivity index (χ2n) is 5.51. The number of nitrogens with one attached hydrogen (secondary N) is 2. The fourth-order valence-corrected chi connectivity index (χ4v) is 1.84. The van der Waals surface area contributed by atoms with Gasteiger partial charge in [0.2, 0.25) is 11.8 Å². The summed E-state index contributed by atoms with van der Waals surface area (Å²) in [6, 6.07) is 6.55. The first-order chi connectivity index (χ1) is 9.77. The predicted octanol–water partition coefficient (Wildman–Crippen LogP) is 0.836. The molecule has 0 aliphatic carbocycles. The molecular formula is C14H19ClN4O3. The normalized spacial score (nSPS) is 14.4. The summed E-state index contributed by atoms with van der Waals surface area (Å²) in [4.78, 5) is 36.0. The minimum Gasteiger partial charge on any atom is -0.329 e. The molecule has 0 spiro atoms. The number of benzene rings is 1. The van der Waals surface area contributed by atoms with E-state index in [4.69, 9.17) is 5.73 Å². The molecule has 0 atom stereocenters. The van der Waals surface area contributed by atoms with Crippen LogP contribution in [0.25, 0.3) is 0 Å². The van der Waals surface area contributed by atoms with Crippen molar-refractivity contribution in [2.24, 2.45) is 5.73 Å². The Labute approximate surface area is 134 Å². The van der Waals surface area contributed by atoms with Crippen LogP contribution in [-0.4, -0.2) is 34.8 Å². The van der Waals surface area contributed by atoms with Crippen molar-refractivity contribution in [1.82, 2.24) is 10.2 Å². The molecule has 0 bridgehead atoms. The number of hydrogen-bond acceptors (Lipinski definition) is 4. The molecule has 22 heavy (non-hydrogen) atoms. The average molecular weight is 327 g/mol. The number of nitrogens with two attached hydrogens (primary N) is 1. The third-order valence-corrected chi connectivity index (χ3v) is 3.05. The maximum Gasteiger partial charge on any atom is 0.324 e. The van der Waals surface area contributed by atoms with Gasteiger partial charge >= 0.3 is 6.03 Å². The van der Waals surface area contributed by atoms with E-state index in [0.29, 0.717) is 5.69 Å². The lowest BCUT2D eigenvalue weighted by Crippen LogP contribution is -2.45. The number of nitrogens with zero attached hydrogens (tertiary/aromatic N) is 1. The highest BCUT2D eigenvalue weighted by Crippen LogP contribution is 2.15. The van der Waals surface area contributed by atoms with Crippen LogP contribution in [0, 0.1) is 0 Å². The smallest absolute Gasteiger partial charge is 0.324 e. The standard InChI is InChI=1S/C14H18N4O3.ClH/c1-14(2,15)12(20)17-10-5-3-4-9(6-10)8-18-11(19)7-16-13(18)21;/h3-6H,7-8,15H2,1-2H3,(H,16,21)(H,17,20);1H. The summed E-state index contributed by atoms with van der Waals surface area (Å²) in [5.41, 5.74) is 6.05. The van der Waals surface area contributed by atoms with E-state index in [1.54, 1.807) is 38.1 Å². The van der Waals surface area contributed by atoms with E-state index < -0.39 is 11.6 Å². The number of carbonyl (C=O) groups is 3. The highest BCUT2D eigenvalue weighted by atomic mass is 35.5. The molecule has 0 aromatic heterocycles. The average Bonchev–Trinajstić information content (AvgIpc) is 2.70. The summed E-state index contributed by atoms with van der Waals surface area (Å²) >= 11 is 0. The largest absolute Gasteiger partial charge is 0.329 e. The molecule has 4 amide bonds. The quantitative estimate of drug-likeness (QED) is 0.713. The Hall–Kier alpha value is -2.12. The van der Waals surface area contributed by atoms with Crippen LogP contribution in [0.4, 0.5) is 10.5 Å². The third kappa shape index (κ3) is 4.19. The van der Waals surface area contributed by atoms with Crippen molar-refractivity contribution < 1.29 is 14.4 Å². The summed E-state index contributed by atoms with van der Waals surface area (Å²) in [6.45, 7) is 3.41. The van der Waals surface area contributed by atoms with Gasteiger partial charge in [0.25, 0.3) is 0 Å². The molecule has 1 aromatic rings. The second kappa shape index (κ2) is 6.76. The zero-order chi connectivity index (χ0) is 15.6. The number of imide groups is 1. The van der Waals surface area contributed by atoms with E-state index in [2.05, 4.69) is 10.6 Å². The molecule has 1 fully saturated rings. The van der Waals surface area contributed by atoms with Crippen molar-refractivity contribution >= 4 is 35.9 Å². The number of rotatable bonds is 4. The van der Waals surface area contributed by atoms with E-state index in [9.17, 15) is 14.4 Å². The van der Waals surface area contributed by atoms with Gasteiger partial charge in [0.1, 0.15) is 0 Å². The first kappa shape index (κ1) is 17.9. The predicted molar refractivity (Wildman–Crippen MR) is 84.5 cm³/mol. The zero-order valence-corrected chi connectivity index (χ0v) is 13.2. The maximum absolute atomic E-state index is 11.8. The summed E-state index contributed by atoms with van der Waals surface area (Å²) in [5.74, 6) is -0.577. The van der Waals surface area contributed by atoms with Gasteiger partial charge in [-0.3, -0.25) is 14.5 Å². The second-order valence-corrected chi connectivity index (χ2v) is 5.51. The summed E-state index contributed by atoms with van der Waals surface area (Å²) < 4.78 is 0. The Balaban J connectivity index is 0.00000242. The van der Waals surface area contributed by atoms with Crippen LogP contribution >= 0.6 is 12.4 Å². The lowest BCUT2D eigenvalue weighted by molar-refractivity contribution is -0.125. The Morgan fingerprint density at radius 3 is 2.64 bits per heavy atom. The van der Waals surface area contributed by atoms with Crippen molar-refractivity contribution in [2.75, 3.05) is 11.9 Å². The molecule has 0 saturated carbocycles.